The Morgan fingerprint density at radius 1 is 1.21 bits per heavy atom. The minimum atomic E-state index is -0.700. The van der Waals surface area contributed by atoms with Crippen molar-refractivity contribution in [1.82, 2.24) is 0 Å². The maximum absolute atomic E-state index is 10.8. The summed E-state index contributed by atoms with van der Waals surface area (Å²) in [6.07, 6.45) is 6.12. The second kappa shape index (κ2) is 7.56. The van der Waals surface area contributed by atoms with E-state index < -0.39 is 5.97 Å². The van der Waals surface area contributed by atoms with Gasteiger partial charge in [0.2, 0.25) is 0 Å². The number of carboxylic acid groups (broad SMARTS) is 1. The summed E-state index contributed by atoms with van der Waals surface area (Å²) in [6, 6.07) is 8.33. The van der Waals surface area contributed by atoms with Crippen LogP contribution in [0.25, 0.3) is 0 Å². The van der Waals surface area contributed by atoms with E-state index in [2.05, 4.69) is 26.0 Å². The van der Waals surface area contributed by atoms with Gasteiger partial charge < -0.3 is 14.6 Å². The fourth-order valence-electron chi connectivity index (χ4n) is 3.73. The third kappa shape index (κ3) is 4.50. The van der Waals surface area contributed by atoms with Crippen molar-refractivity contribution in [3.63, 3.8) is 0 Å². The predicted molar refractivity (Wildman–Crippen MR) is 92.4 cm³/mol. The topological polar surface area (TPSA) is 55.8 Å². The van der Waals surface area contributed by atoms with Crippen molar-refractivity contribution < 1.29 is 19.4 Å². The summed E-state index contributed by atoms with van der Waals surface area (Å²) in [5.41, 5.74) is 1.36. The molecule has 0 radical (unpaired) electrons. The summed E-state index contributed by atoms with van der Waals surface area (Å²) in [5.74, 6) is 0.672. The molecule has 4 nitrogen and oxygen atoms in total. The minimum Gasteiger partial charge on any atom is -0.493 e. The van der Waals surface area contributed by atoms with Gasteiger partial charge in [0.15, 0.2) is 0 Å². The first kappa shape index (κ1) is 17.3. The van der Waals surface area contributed by atoms with Crippen molar-refractivity contribution >= 4 is 5.97 Å². The summed E-state index contributed by atoms with van der Waals surface area (Å²) in [6.45, 7) is 4.71. The van der Waals surface area contributed by atoms with Crippen LogP contribution in [-0.2, 0) is 9.53 Å². The lowest BCUT2D eigenvalue weighted by molar-refractivity contribution is -0.138. The molecule has 2 fully saturated rings. The molecule has 2 aliphatic carbocycles. The highest BCUT2D eigenvalue weighted by molar-refractivity contribution is 5.73. The molecule has 0 amide bonds. The van der Waals surface area contributed by atoms with Crippen molar-refractivity contribution in [2.24, 2.45) is 11.8 Å². The Kier molecular flexibility index (Phi) is 5.44. The van der Waals surface area contributed by atoms with Gasteiger partial charge >= 0.3 is 5.97 Å². The second-order valence-corrected chi connectivity index (χ2v) is 7.49. The molecule has 2 saturated carbocycles. The minimum absolute atomic E-state index is 0.175. The average molecular weight is 332 g/mol. The lowest BCUT2D eigenvalue weighted by Crippen LogP contribution is -2.24. The number of carbonyl (C=O) groups is 1. The molecule has 0 spiro atoms. The van der Waals surface area contributed by atoms with E-state index in [1.54, 1.807) is 0 Å². The van der Waals surface area contributed by atoms with Crippen LogP contribution in [0.15, 0.2) is 24.3 Å². The van der Waals surface area contributed by atoms with Gasteiger partial charge in [0.1, 0.15) is 5.75 Å². The van der Waals surface area contributed by atoms with E-state index in [4.69, 9.17) is 14.6 Å². The first-order valence-electron chi connectivity index (χ1n) is 9.14. The predicted octanol–water partition coefficient (Wildman–Crippen LogP) is 4.24. The number of rotatable bonds is 7. The highest BCUT2D eigenvalue weighted by Gasteiger charge is 2.43. The van der Waals surface area contributed by atoms with E-state index in [0.29, 0.717) is 24.7 Å². The van der Waals surface area contributed by atoms with Gasteiger partial charge in [-0.2, -0.15) is 0 Å². The Labute approximate surface area is 144 Å². The third-order valence-electron chi connectivity index (χ3n) is 5.15. The van der Waals surface area contributed by atoms with Gasteiger partial charge in [-0.1, -0.05) is 18.6 Å². The summed E-state index contributed by atoms with van der Waals surface area (Å²) >= 11 is 0. The van der Waals surface area contributed by atoms with E-state index in [1.807, 2.05) is 12.1 Å². The third-order valence-corrected chi connectivity index (χ3v) is 5.15. The zero-order valence-corrected chi connectivity index (χ0v) is 14.6. The van der Waals surface area contributed by atoms with Crippen LogP contribution < -0.4 is 4.74 Å². The normalized spacial score (nSPS) is 29.5. The largest absolute Gasteiger partial charge is 0.493 e. The molecule has 0 unspecified atom stereocenters. The summed E-state index contributed by atoms with van der Waals surface area (Å²) in [4.78, 5) is 10.8. The van der Waals surface area contributed by atoms with E-state index in [-0.39, 0.29) is 11.8 Å². The Bertz CT molecular complexity index is 551. The van der Waals surface area contributed by atoms with E-state index in [1.165, 1.54) is 24.8 Å². The van der Waals surface area contributed by atoms with Crippen LogP contribution in [0.2, 0.25) is 0 Å². The van der Waals surface area contributed by atoms with Crippen molar-refractivity contribution in [2.45, 2.75) is 64.1 Å². The quantitative estimate of drug-likeness (QED) is 0.811. The molecule has 0 aliphatic heterocycles. The van der Waals surface area contributed by atoms with Crippen LogP contribution in [0.4, 0.5) is 0 Å². The molecule has 1 aromatic carbocycles. The van der Waals surface area contributed by atoms with Crippen molar-refractivity contribution in [3.05, 3.63) is 29.8 Å². The Morgan fingerprint density at radius 3 is 2.58 bits per heavy atom. The van der Waals surface area contributed by atoms with Gasteiger partial charge in [-0.25, -0.2) is 0 Å². The molecule has 1 N–H and O–H groups in total. The maximum Gasteiger partial charge on any atom is 0.306 e. The van der Waals surface area contributed by atoms with Gasteiger partial charge in [0.25, 0.3) is 0 Å². The molecule has 0 bridgehead atoms. The number of hydrogen-bond acceptors (Lipinski definition) is 3. The molecule has 0 saturated heterocycles. The van der Waals surface area contributed by atoms with Crippen LogP contribution in [0, 0.1) is 11.8 Å². The SMILES string of the molecule is CC(C)O[C@H]1CCC[C@@H](c2ccc(OC[C@@H]3C[C@H]3C(=O)O)cc2)C1. The van der Waals surface area contributed by atoms with Crippen LogP contribution in [0.1, 0.15) is 57.4 Å². The Balaban J connectivity index is 1.50. The van der Waals surface area contributed by atoms with E-state index in [0.717, 1.165) is 18.6 Å². The van der Waals surface area contributed by atoms with Crippen LogP contribution in [-0.4, -0.2) is 29.9 Å². The van der Waals surface area contributed by atoms with Crippen molar-refractivity contribution in [3.8, 4) is 5.75 Å². The molecule has 132 valence electrons. The molecular formula is C20H28O4. The van der Waals surface area contributed by atoms with E-state index in [9.17, 15) is 4.79 Å². The molecule has 0 aromatic heterocycles. The molecule has 2 aliphatic rings. The fourth-order valence-corrected chi connectivity index (χ4v) is 3.73. The average Bonchev–Trinajstić information content (AvgIpc) is 3.33. The Morgan fingerprint density at radius 2 is 1.96 bits per heavy atom. The van der Waals surface area contributed by atoms with E-state index >= 15 is 0 Å². The van der Waals surface area contributed by atoms with Gasteiger partial charge in [-0.05, 0) is 63.1 Å². The molecule has 3 rings (SSSR count). The Hall–Kier alpha value is -1.55. The second-order valence-electron chi connectivity index (χ2n) is 7.49. The zero-order chi connectivity index (χ0) is 17.1. The molecular weight excluding hydrogens is 304 g/mol. The van der Waals surface area contributed by atoms with Gasteiger partial charge in [-0.3, -0.25) is 4.79 Å². The summed E-state index contributed by atoms with van der Waals surface area (Å²) in [5, 5.41) is 8.91. The summed E-state index contributed by atoms with van der Waals surface area (Å²) < 4.78 is 11.7. The maximum atomic E-state index is 10.8. The van der Waals surface area contributed by atoms with Gasteiger partial charge in [-0.15, -0.1) is 0 Å². The number of aliphatic carboxylic acids is 1. The lowest BCUT2D eigenvalue weighted by atomic mass is 9.82. The zero-order valence-electron chi connectivity index (χ0n) is 14.6. The number of benzene rings is 1. The molecule has 24 heavy (non-hydrogen) atoms. The van der Waals surface area contributed by atoms with Crippen molar-refractivity contribution in [2.75, 3.05) is 6.61 Å². The van der Waals surface area contributed by atoms with Gasteiger partial charge in [0.05, 0.1) is 24.7 Å². The monoisotopic (exact) mass is 332 g/mol. The van der Waals surface area contributed by atoms with Crippen LogP contribution in [0.5, 0.6) is 5.75 Å². The highest BCUT2D eigenvalue weighted by Crippen LogP contribution is 2.39. The smallest absolute Gasteiger partial charge is 0.306 e. The molecule has 0 heterocycles. The van der Waals surface area contributed by atoms with Crippen LogP contribution >= 0.6 is 0 Å². The lowest BCUT2D eigenvalue weighted by Gasteiger charge is -2.30. The number of hydrogen-bond donors (Lipinski definition) is 1. The first-order valence-corrected chi connectivity index (χ1v) is 9.14. The van der Waals surface area contributed by atoms with Crippen molar-refractivity contribution in [1.29, 1.82) is 0 Å². The molecule has 4 heteroatoms. The molecule has 4 atom stereocenters. The highest BCUT2D eigenvalue weighted by atomic mass is 16.5. The van der Waals surface area contributed by atoms with Gasteiger partial charge in [0, 0.05) is 5.92 Å². The van der Waals surface area contributed by atoms with Crippen LogP contribution in [0.3, 0.4) is 0 Å². The first-order chi connectivity index (χ1) is 11.5. The number of ether oxygens (including phenoxy) is 2. The fraction of sp³-hybridized carbons (Fsp3) is 0.650. The number of carboxylic acids is 1. The summed E-state index contributed by atoms with van der Waals surface area (Å²) in [7, 11) is 0. The molecule has 1 aromatic rings. The standard InChI is InChI=1S/C20H28O4/c1-13(2)24-18-5-3-4-15(10-18)14-6-8-17(9-7-14)23-12-16-11-19(16)20(21)22/h6-9,13,15-16,18-19H,3-5,10-12H2,1-2H3,(H,21,22)/t15-,16+,18+,19-/m1/s1.